The number of unbranched alkanes of at least 4 members (excludes halogenated alkanes) is 1. The minimum Gasteiger partial charge on any atom is -0.351 e. The molecular weight excluding hydrogens is 140 g/mol. The zero-order chi connectivity index (χ0) is 8.27. The van der Waals surface area contributed by atoms with E-state index >= 15 is 0 Å². The Morgan fingerprint density at radius 1 is 1.73 bits per heavy atom. The molecule has 1 saturated heterocycles. The van der Waals surface area contributed by atoms with Crippen molar-refractivity contribution in [3.05, 3.63) is 0 Å². The molecule has 0 aliphatic carbocycles. The van der Waals surface area contributed by atoms with Crippen molar-refractivity contribution in [2.24, 2.45) is 5.73 Å². The van der Waals surface area contributed by atoms with Crippen LogP contribution >= 0.6 is 0 Å². The number of carbonyl (C=O) groups is 1. The number of rotatable bonds is 3. The summed E-state index contributed by atoms with van der Waals surface area (Å²) in [6.45, 7) is 3.02. The molecule has 3 nitrogen and oxygen atoms in total. The van der Waals surface area contributed by atoms with Crippen molar-refractivity contribution < 1.29 is 4.79 Å². The molecule has 0 aromatic carbocycles. The SMILES string of the molecule is CCCCC1CCN1C(N)=O. The van der Waals surface area contributed by atoms with Gasteiger partial charge >= 0.3 is 6.03 Å². The number of amides is 2. The molecule has 1 unspecified atom stereocenters. The van der Waals surface area contributed by atoms with Gasteiger partial charge in [0.05, 0.1) is 0 Å². The van der Waals surface area contributed by atoms with Crippen LogP contribution in [-0.4, -0.2) is 23.5 Å². The van der Waals surface area contributed by atoms with Crippen molar-refractivity contribution >= 4 is 6.03 Å². The quantitative estimate of drug-likeness (QED) is 0.658. The van der Waals surface area contributed by atoms with E-state index in [9.17, 15) is 4.79 Å². The Kier molecular flexibility index (Phi) is 2.74. The summed E-state index contributed by atoms with van der Waals surface area (Å²) in [5, 5.41) is 0. The van der Waals surface area contributed by atoms with Gasteiger partial charge in [-0.05, 0) is 12.8 Å². The Labute approximate surface area is 67.5 Å². The summed E-state index contributed by atoms with van der Waals surface area (Å²) in [4.78, 5) is 12.5. The lowest BCUT2D eigenvalue weighted by Gasteiger charge is -2.39. The molecule has 0 bridgehead atoms. The number of urea groups is 1. The van der Waals surface area contributed by atoms with Crippen molar-refractivity contribution in [3.63, 3.8) is 0 Å². The lowest BCUT2D eigenvalue weighted by Crippen LogP contribution is -2.53. The maximum Gasteiger partial charge on any atom is 0.315 e. The summed E-state index contributed by atoms with van der Waals surface area (Å²) in [5.74, 6) is 0. The van der Waals surface area contributed by atoms with E-state index in [4.69, 9.17) is 5.73 Å². The van der Waals surface area contributed by atoms with E-state index in [-0.39, 0.29) is 6.03 Å². The van der Waals surface area contributed by atoms with E-state index in [1.165, 1.54) is 12.8 Å². The Morgan fingerprint density at radius 2 is 2.45 bits per heavy atom. The molecule has 3 heteroatoms. The van der Waals surface area contributed by atoms with Gasteiger partial charge in [0.1, 0.15) is 0 Å². The highest BCUT2D eigenvalue weighted by atomic mass is 16.2. The van der Waals surface area contributed by atoms with Gasteiger partial charge in [-0.2, -0.15) is 0 Å². The number of carbonyl (C=O) groups excluding carboxylic acids is 1. The molecule has 1 rings (SSSR count). The van der Waals surface area contributed by atoms with E-state index in [0.29, 0.717) is 6.04 Å². The van der Waals surface area contributed by atoms with Gasteiger partial charge in [0, 0.05) is 12.6 Å². The van der Waals surface area contributed by atoms with Crippen LogP contribution < -0.4 is 5.73 Å². The van der Waals surface area contributed by atoms with Crippen molar-refractivity contribution in [1.29, 1.82) is 0 Å². The van der Waals surface area contributed by atoms with Gasteiger partial charge < -0.3 is 10.6 Å². The second-order valence-corrected chi connectivity index (χ2v) is 3.12. The third-order valence-electron chi connectivity index (χ3n) is 2.32. The molecule has 1 aliphatic heterocycles. The number of hydrogen-bond acceptors (Lipinski definition) is 1. The van der Waals surface area contributed by atoms with Gasteiger partial charge in [-0.3, -0.25) is 0 Å². The van der Waals surface area contributed by atoms with E-state index in [2.05, 4.69) is 6.92 Å². The fourth-order valence-corrected chi connectivity index (χ4v) is 1.47. The molecule has 1 fully saturated rings. The van der Waals surface area contributed by atoms with Crippen LogP contribution in [0.25, 0.3) is 0 Å². The van der Waals surface area contributed by atoms with Gasteiger partial charge in [-0.1, -0.05) is 19.8 Å². The van der Waals surface area contributed by atoms with Crippen LogP contribution in [0.1, 0.15) is 32.6 Å². The largest absolute Gasteiger partial charge is 0.351 e. The third-order valence-corrected chi connectivity index (χ3v) is 2.32. The molecule has 0 aromatic rings. The standard InChI is InChI=1S/C8H16N2O/c1-2-3-4-7-5-6-10(7)8(9)11/h7H,2-6H2,1H3,(H2,9,11). The van der Waals surface area contributed by atoms with Gasteiger partial charge in [-0.15, -0.1) is 0 Å². The van der Waals surface area contributed by atoms with Crippen LogP contribution in [0.5, 0.6) is 0 Å². The minimum absolute atomic E-state index is 0.252. The summed E-state index contributed by atoms with van der Waals surface area (Å²) in [5.41, 5.74) is 5.15. The summed E-state index contributed by atoms with van der Waals surface area (Å²) < 4.78 is 0. The van der Waals surface area contributed by atoms with Crippen molar-refractivity contribution in [2.75, 3.05) is 6.54 Å². The Morgan fingerprint density at radius 3 is 2.82 bits per heavy atom. The highest BCUT2D eigenvalue weighted by Crippen LogP contribution is 2.21. The summed E-state index contributed by atoms with van der Waals surface area (Å²) >= 11 is 0. The van der Waals surface area contributed by atoms with Crippen LogP contribution in [0.3, 0.4) is 0 Å². The molecule has 0 saturated carbocycles. The smallest absolute Gasteiger partial charge is 0.315 e. The molecule has 1 aliphatic rings. The average Bonchev–Trinajstić information content (AvgIpc) is 1.84. The molecule has 0 radical (unpaired) electrons. The molecule has 64 valence electrons. The molecule has 11 heavy (non-hydrogen) atoms. The predicted molar refractivity (Wildman–Crippen MR) is 44.2 cm³/mol. The Bertz CT molecular complexity index is 147. The molecule has 1 heterocycles. The van der Waals surface area contributed by atoms with Crippen molar-refractivity contribution in [1.82, 2.24) is 4.90 Å². The molecule has 2 N–H and O–H groups in total. The lowest BCUT2D eigenvalue weighted by atomic mass is 9.98. The van der Waals surface area contributed by atoms with Crippen LogP contribution in [0.4, 0.5) is 4.79 Å². The van der Waals surface area contributed by atoms with E-state index < -0.39 is 0 Å². The van der Waals surface area contributed by atoms with Crippen LogP contribution in [0, 0.1) is 0 Å². The molecule has 2 amide bonds. The Hall–Kier alpha value is -0.730. The maximum absolute atomic E-state index is 10.7. The zero-order valence-electron chi connectivity index (χ0n) is 7.05. The second-order valence-electron chi connectivity index (χ2n) is 3.12. The first kappa shape index (κ1) is 8.37. The molecule has 0 aromatic heterocycles. The van der Waals surface area contributed by atoms with Gasteiger partial charge in [0.2, 0.25) is 0 Å². The number of nitrogens with two attached hydrogens (primary N) is 1. The van der Waals surface area contributed by atoms with Gasteiger partial charge in [0.15, 0.2) is 0 Å². The lowest BCUT2D eigenvalue weighted by molar-refractivity contribution is 0.115. The highest BCUT2D eigenvalue weighted by molar-refractivity contribution is 5.73. The number of hydrogen-bond donors (Lipinski definition) is 1. The van der Waals surface area contributed by atoms with E-state index in [1.807, 2.05) is 0 Å². The zero-order valence-corrected chi connectivity index (χ0v) is 7.05. The van der Waals surface area contributed by atoms with Gasteiger partial charge in [-0.25, -0.2) is 4.79 Å². The first-order valence-corrected chi connectivity index (χ1v) is 4.31. The third kappa shape index (κ3) is 1.85. The van der Waals surface area contributed by atoms with Crippen molar-refractivity contribution in [2.45, 2.75) is 38.6 Å². The molecule has 1 atom stereocenters. The topological polar surface area (TPSA) is 46.3 Å². The van der Waals surface area contributed by atoms with E-state index in [0.717, 1.165) is 19.4 Å². The second kappa shape index (κ2) is 3.60. The Balaban J connectivity index is 2.20. The first-order valence-electron chi connectivity index (χ1n) is 4.31. The van der Waals surface area contributed by atoms with Crippen LogP contribution in [0.15, 0.2) is 0 Å². The summed E-state index contributed by atoms with van der Waals surface area (Å²) in [7, 11) is 0. The fraction of sp³-hybridized carbons (Fsp3) is 0.875. The van der Waals surface area contributed by atoms with Crippen LogP contribution in [-0.2, 0) is 0 Å². The number of likely N-dealkylation sites (tertiary alicyclic amines) is 1. The average molecular weight is 156 g/mol. The number of nitrogens with zero attached hydrogens (tertiary/aromatic N) is 1. The van der Waals surface area contributed by atoms with Gasteiger partial charge in [0.25, 0.3) is 0 Å². The number of primary amides is 1. The monoisotopic (exact) mass is 156 g/mol. The maximum atomic E-state index is 10.7. The normalized spacial score (nSPS) is 23.0. The highest BCUT2D eigenvalue weighted by Gasteiger charge is 2.29. The summed E-state index contributed by atoms with van der Waals surface area (Å²) in [6, 6.07) is 0.199. The molecule has 0 spiro atoms. The fourth-order valence-electron chi connectivity index (χ4n) is 1.47. The van der Waals surface area contributed by atoms with Crippen LogP contribution in [0.2, 0.25) is 0 Å². The summed E-state index contributed by atoms with van der Waals surface area (Å²) in [6.07, 6.45) is 4.67. The molecular formula is C8H16N2O. The first-order chi connectivity index (χ1) is 5.25. The van der Waals surface area contributed by atoms with Crippen molar-refractivity contribution in [3.8, 4) is 0 Å². The predicted octanol–water partition coefficient (Wildman–Crippen LogP) is 1.33. The van der Waals surface area contributed by atoms with E-state index in [1.54, 1.807) is 4.90 Å². The minimum atomic E-state index is -0.252.